The first-order valence-corrected chi connectivity index (χ1v) is 10.7. The maximum absolute atomic E-state index is 13.3. The van der Waals surface area contributed by atoms with Crippen molar-refractivity contribution in [1.29, 1.82) is 0 Å². The molecule has 0 aliphatic heterocycles. The predicted octanol–water partition coefficient (Wildman–Crippen LogP) is 5.73. The SMILES string of the molecule is CN(C)CCCn1ccc2cc(Nc3ccc(C(=O)Nc4cccc(F)c4)cc3)ccc21. The highest BCUT2D eigenvalue weighted by atomic mass is 19.1. The van der Waals surface area contributed by atoms with Gasteiger partial charge in [0.25, 0.3) is 5.91 Å². The first-order valence-electron chi connectivity index (χ1n) is 10.7. The zero-order valence-electron chi connectivity index (χ0n) is 18.3. The largest absolute Gasteiger partial charge is 0.356 e. The summed E-state index contributed by atoms with van der Waals surface area (Å²) in [6.07, 6.45) is 3.24. The van der Waals surface area contributed by atoms with Crippen molar-refractivity contribution in [2.45, 2.75) is 13.0 Å². The van der Waals surface area contributed by atoms with Crippen LogP contribution in [0.2, 0.25) is 0 Å². The summed E-state index contributed by atoms with van der Waals surface area (Å²) in [5.74, 6) is -0.664. The number of nitrogens with one attached hydrogen (secondary N) is 2. The van der Waals surface area contributed by atoms with E-state index in [0.717, 1.165) is 30.9 Å². The van der Waals surface area contributed by atoms with E-state index >= 15 is 0 Å². The van der Waals surface area contributed by atoms with Crippen LogP contribution < -0.4 is 10.6 Å². The molecule has 0 saturated heterocycles. The Morgan fingerprint density at radius 3 is 2.47 bits per heavy atom. The standard InChI is InChI=1S/C26H27FN4O/c1-30(2)14-4-15-31-16-13-20-17-24(11-12-25(20)31)28-22-9-7-19(8-10-22)26(32)29-23-6-3-5-21(27)18-23/h3,5-13,16-18,28H,4,14-15H2,1-2H3,(H,29,32). The Hall–Kier alpha value is -3.64. The van der Waals surface area contributed by atoms with Crippen molar-refractivity contribution >= 4 is 33.9 Å². The molecule has 0 unspecified atom stereocenters. The van der Waals surface area contributed by atoms with Crippen LogP contribution in [-0.2, 0) is 6.54 Å². The van der Waals surface area contributed by atoms with E-state index in [4.69, 9.17) is 0 Å². The average molecular weight is 431 g/mol. The molecule has 164 valence electrons. The molecule has 2 N–H and O–H groups in total. The Kier molecular flexibility index (Phi) is 6.52. The Morgan fingerprint density at radius 2 is 1.72 bits per heavy atom. The van der Waals surface area contributed by atoms with Crippen molar-refractivity contribution in [2.75, 3.05) is 31.3 Å². The normalized spacial score (nSPS) is 11.1. The molecule has 0 spiro atoms. The van der Waals surface area contributed by atoms with Gasteiger partial charge in [-0.2, -0.15) is 0 Å². The Morgan fingerprint density at radius 1 is 0.938 bits per heavy atom. The van der Waals surface area contributed by atoms with Gasteiger partial charge in [0.15, 0.2) is 0 Å². The van der Waals surface area contributed by atoms with Gasteiger partial charge in [-0.1, -0.05) is 6.07 Å². The van der Waals surface area contributed by atoms with Gasteiger partial charge in [0.1, 0.15) is 5.82 Å². The summed E-state index contributed by atoms with van der Waals surface area (Å²) in [7, 11) is 4.18. The van der Waals surface area contributed by atoms with Gasteiger partial charge in [-0.15, -0.1) is 0 Å². The highest BCUT2D eigenvalue weighted by molar-refractivity contribution is 6.04. The molecule has 1 amide bonds. The van der Waals surface area contributed by atoms with Crippen molar-refractivity contribution in [1.82, 2.24) is 9.47 Å². The summed E-state index contributed by atoms with van der Waals surface area (Å²) in [6, 6.07) is 21.5. The molecule has 0 radical (unpaired) electrons. The van der Waals surface area contributed by atoms with Crippen LogP contribution in [0, 0.1) is 5.82 Å². The number of aryl methyl sites for hydroxylation is 1. The van der Waals surface area contributed by atoms with E-state index < -0.39 is 0 Å². The molecule has 3 aromatic carbocycles. The number of amides is 1. The summed E-state index contributed by atoms with van der Waals surface area (Å²) in [5, 5.41) is 7.28. The quantitative estimate of drug-likeness (QED) is 0.375. The summed E-state index contributed by atoms with van der Waals surface area (Å²) < 4.78 is 15.6. The van der Waals surface area contributed by atoms with Gasteiger partial charge in [-0.3, -0.25) is 4.79 Å². The van der Waals surface area contributed by atoms with Crippen LogP contribution in [0.25, 0.3) is 10.9 Å². The number of carbonyl (C=O) groups excluding carboxylic acids is 1. The summed E-state index contributed by atoms with van der Waals surface area (Å²) in [5.41, 5.74) is 4.03. The van der Waals surface area contributed by atoms with E-state index in [0.29, 0.717) is 11.3 Å². The van der Waals surface area contributed by atoms with E-state index in [-0.39, 0.29) is 11.7 Å². The molecule has 0 aliphatic rings. The number of carbonyl (C=O) groups is 1. The monoisotopic (exact) mass is 430 g/mol. The summed E-state index contributed by atoms with van der Waals surface area (Å²) in [6.45, 7) is 2.06. The van der Waals surface area contributed by atoms with E-state index in [1.165, 1.54) is 23.0 Å². The number of hydrogen-bond acceptors (Lipinski definition) is 3. The minimum absolute atomic E-state index is 0.279. The second-order valence-corrected chi connectivity index (χ2v) is 8.11. The fourth-order valence-electron chi connectivity index (χ4n) is 3.67. The van der Waals surface area contributed by atoms with Crippen molar-refractivity contribution in [2.24, 2.45) is 0 Å². The number of fused-ring (bicyclic) bond motifs is 1. The van der Waals surface area contributed by atoms with E-state index in [1.54, 1.807) is 24.3 Å². The molecule has 4 aromatic rings. The topological polar surface area (TPSA) is 49.3 Å². The third-order valence-electron chi connectivity index (χ3n) is 5.29. The average Bonchev–Trinajstić information content (AvgIpc) is 3.16. The van der Waals surface area contributed by atoms with Crippen LogP contribution in [0.5, 0.6) is 0 Å². The number of halogens is 1. The van der Waals surface area contributed by atoms with Crippen LogP contribution >= 0.6 is 0 Å². The zero-order chi connectivity index (χ0) is 22.5. The molecule has 5 nitrogen and oxygen atoms in total. The highest BCUT2D eigenvalue weighted by Crippen LogP contribution is 2.24. The smallest absolute Gasteiger partial charge is 0.255 e. The van der Waals surface area contributed by atoms with Gasteiger partial charge >= 0.3 is 0 Å². The van der Waals surface area contributed by atoms with Gasteiger partial charge in [0, 0.05) is 46.3 Å². The Bertz CT molecular complexity index is 1210. The van der Waals surface area contributed by atoms with Crippen LogP contribution in [-0.4, -0.2) is 36.0 Å². The molecule has 0 bridgehead atoms. The first-order chi connectivity index (χ1) is 15.5. The number of hydrogen-bond donors (Lipinski definition) is 2. The van der Waals surface area contributed by atoms with E-state index in [1.807, 2.05) is 12.1 Å². The second-order valence-electron chi connectivity index (χ2n) is 8.11. The molecular formula is C26H27FN4O. The lowest BCUT2D eigenvalue weighted by Crippen LogP contribution is -2.14. The van der Waals surface area contributed by atoms with Crippen LogP contribution in [0.3, 0.4) is 0 Å². The minimum atomic E-state index is -0.386. The second kappa shape index (κ2) is 9.66. The van der Waals surface area contributed by atoms with Crippen molar-refractivity contribution < 1.29 is 9.18 Å². The van der Waals surface area contributed by atoms with Gasteiger partial charge in [0.05, 0.1) is 0 Å². The molecule has 1 heterocycles. The van der Waals surface area contributed by atoms with Crippen molar-refractivity contribution in [3.8, 4) is 0 Å². The van der Waals surface area contributed by atoms with Gasteiger partial charge in [0.2, 0.25) is 0 Å². The van der Waals surface area contributed by atoms with Gasteiger partial charge in [-0.05, 0) is 93.8 Å². The number of rotatable bonds is 8. The lowest BCUT2D eigenvalue weighted by Gasteiger charge is -2.11. The molecule has 4 rings (SSSR count). The highest BCUT2D eigenvalue weighted by Gasteiger charge is 2.08. The summed E-state index contributed by atoms with van der Waals surface area (Å²) >= 11 is 0. The van der Waals surface area contributed by atoms with Gasteiger partial charge in [-0.25, -0.2) is 4.39 Å². The molecule has 6 heteroatoms. The Balaban J connectivity index is 1.40. The molecule has 0 aliphatic carbocycles. The fraction of sp³-hybridized carbons (Fsp3) is 0.192. The van der Waals surface area contributed by atoms with E-state index in [9.17, 15) is 9.18 Å². The van der Waals surface area contributed by atoms with Crippen molar-refractivity contribution in [3.05, 3.63) is 90.4 Å². The lowest BCUT2D eigenvalue weighted by molar-refractivity contribution is 0.102. The fourth-order valence-corrected chi connectivity index (χ4v) is 3.67. The number of benzene rings is 3. The van der Waals surface area contributed by atoms with Gasteiger partial charge < -0.3 is 20.1 Å². The number of anilines is 3. The van der Waals surface area contributed by atoms with Crippen LogP contribution in [0.15, 0.2) is 79.0 Å². The maximum atomic E-state index is 13.3. The van der Waals surface area contributed by atoms with Crippen LogP contribution in [0.1, 0.15) is 16.8 Å². The molecular weight excluding hydrogens is 403 g/mol. The molecule has 0 fully saturated rings. The van der Waals surface area contributed by atoms with Crippen LogP contribution in [0.4, 0.5) is 21.5 Å². The zero-order valence-corrected chi connectivity index (χ0v) is 18.3. The molecule has 0 saturated carbocycles. The lowest BCUT2D eigenvalue weighted by atomic mass is 10.1. The molecule has 0 atom stereocenters. The Labute approximate surface area is 187 Å². The number of aromatic nitrogens is 1. The summed E-state index contributed by atoms with van der Waals surface area (Å²) in [4.78, 5) is 14.6. The first kappa shape index (κ1) is 21.6. The molecule has 1 aromatic heterocycles. The molecule has 32 heavy (non-hydrogen) atoms. The third-order valence-corrected chi connectivity index (χ3v) is 5.29. The predicted molar refractivity (Wildman–Crippen MR) is 129 cm³/mol. The maximum Gasteiger partial charge on any atom is 0.255 e. The number of nitrogens with zero attached hydrogens (tertiary/aromatic N) is 2. The third kappa shape index (κ3) is 5.34. The van der Waals surface area contributed by atoms with Crippen molar-refractivity contribution in [3.63, 3.8) is 0 Å². The van der Waals surface area contributed by atoms with E-state index in [2.05, 4.69) is 64.7 Å². The minimum Gasteiger partial charge on any atom is -0.356 e.